The van der Waals surface area contributed by atoms with Gasteiger partial charge in [-0.25, -0.2) is 0 Å². The highest BCUT2D eigenvalue weighted by atomic mass is 15.1. The molecule has 3 nitrogen and oxygen atoms in total. The van der Waals surface area contributed by atoms with Gasteiger partial charge in [-0.1, -0.05) is 13.3 Å². The molecule has 0 aromatic carbocycles. The van der Waals surface area contributed by atoms with Crippen LogP contribution in [0.5, 0.6) is 0 Å². The summed E-state index contributed by atoms with van der Waals surface area (Å²) < 4.78 is 0. The van der Waals surface area contributed by atoms with Gasteiger partial charge in [0.2, 0.25) is 0 Å². The topological polar surface area (TPSA) is 28.2 Å². The second-order valence-corrected chi connectivity index (χ2v) is 4.91. The lowest BCUT2D eigenvalue weighted by Crippen LogP contribution is -2.33. The van der Waals surface area contributed by atoms with Crippen molar-refractivity contribution < 1.29 is 0 Å². The van der Waals surface area contributed by atoms with Crippen LogP contribution >= 0.6 is 0 Å². The van der Waals surface area contributed by atoms with Crippen LogP contribution in [0.25, 0.3) is 0 Å². The number of aromatic nitrogens is 1. The summed E-state index contributed by atoms with van der Waals surface area (Å²) in [5.74, 6) is 0.947. The van der Waals surface area contributed by atoms with Crippen molar-refractivity contribution in [1.82, 2.24) is 9.88 Å². The molecule has 1 fully saturated rings. The third kappa shape index (κ3) is 3.43. The van der Waals surface area contributed by atoms with Gasteiger partial charge in [0.05, 0.1) is 5.69 Å². The highest BCUT2D eigenvalue weighted by Crippen LogP contribution is 2.21. The fourth-order valence-electron chi connectivity index (χ4n) is 2.50. The molecule has 0 atom stereocenters. The molecule has 1 aliphatic heterocycles. The standard InChI is InChI=1S/C14H23N3/c1-3-12-5-8-17(9-6-12)11-14-10-13(15-2)4-7-16-14/h4,7,10,12H,3,5-6,8-9,11H2,1-2H3,(H,15,16). The largest absolute Gasteiger partial charge is 0.388 e. The first-order valence-corrected chi connectivity index (χ1v) is 6.67. The molecule has 0 bridgehead atoms. The highest BCUT2D eigenvalue weighted by Gasteiger charge is 2.17. The van der Waals surface area contributed by atoms with Crippen molar-refractivity contribution in [3.8, 4) is 0 Å². The van der Waals surface area contributed by atoms with Crippen molar-refractivity contribution >= 4 is 5.69 Å². The van der Waals surface area contributed by atoms with Gasteiger partial charge in [0, 0.05) is 25.5 Å². The summed E-state index contributed by atoms with van der Waals surface area (Å²) in [6.45, 7) is 5.75. The first-order chi connectivity index (χ1) is 8.31. The highest BCUT2D eigenvalue weighted by molar-refractivity contribution is 5.42. The monoisotopic (exact) mass is 233 g/mol. The van der Waals surface area contributed by atoms with Crippen LogP contribution in [0.1, 0.15) is 31.9 Å². The summed E-state index contributed by atoms with van der Waals surface area (Å²) in [5, 5.41) is 3.16. The van der Waals surface area contributed by atoms with Gasteiger partial charge in [-0.15, -0.1) is 0 Å². The van der Waals surface area contributed by atoms with E-state index in [9.17, 15) is 0 Å². The fraction of sp³-hybridized carbons (Fsp3) is 0.643. The van der Waals surface area contributed by atoms with Gasteiger partial charge in [0.25, 0.3) is 0 Å². The fourth-order valence-corrected chi connectivity index (χ4v) is 2.50. The molecule has 1 aromatic rings. The van der Waals surface area contributed by atoms with Gasteiger partial charge in [0.1, 0.15) is 0 Å². The van der Waals surface area contributed by atoms with Crippen LogP contribution in [-0.4, -0.2) is 30.0 Å². The Bertz CT molecular complexity index is 343. The van der Waals surface area contributed by atoms with Crippen molar-refractivity contribution in [2.75, 3.05) is 25.5 Å². The van der Waals surface area contributed by atoms with E-state index in [1.807, 2.05) is 19.3 Å². The Morgan fingerprint density at radius 1 is 1.41 bits per heavy atom. The summed E-state index contributed by atoms with van der Waals surface area (Å²) in [6, 6.07) is 4.15. The van der Waals surface area contributed by atoms with Gasteiger partial charge >= 0.3 is 0 Å². The molecule has 1 saturated heterocycles. The molecule has 2 rings (SSSR count). The van der Waals surface area contributed by atoms with Crippen LogP contribution in [0.2, 0.25) is 0 Å². The maximum Gasteiger partial charge on any atom is 0.0564 e. The second kappa shape index (κ2) is 6.01. The van der Waals surface area contributed by atoms with E-state index in [1.165, 1.54) is 38.0 Å². The number of likely N-dealkylation sites (tertiary alicyclic amines) is 1. The molecule has 0 amide bonds. The summed E-state index contributed by atoms with van der Waals surface area (Å²) in [4.78, 5) is 6.96. The van der Waals surface area contributed by atoms with Crippen molar-refractivity contribution in [2.24, 2.45) is 5.92 Å². The van der Waals surface area contributed by atoms with E-state index in [0.29, 0.717) is 0 Å². The van der Waals surface area contributed by atoms with Gasteiger partial charge in [-0.2, -0.15) is 0 Å². The van der Waals surface area contributed by atoms with E-state index in [1.54, 1.807) is 0 Å². The summed E-state index contributed by atoms with van der Waals surface area (Å²) in [5.41, 5.74) is 2.32. The van der Waals surface area contributed by atoms with Crippen LogP contribution in [0, 0.1) is 5.92 Å². The molecule has 0 aliphatic carbocycles. The van der Waals surface area contributed by atoms with E-state index in [2.05, 4.69) is 28.2 Å². The summed E-state index contributed by atoms with van der Waals surface area (Å²) in [6.07, 6.45) is 5.92. The molecule has 1 N–H and O–H groups in total. The first-order valence-electron chi connectivity index (χ1n) is 6.67. The molecule has 94 valence electrons. The van der Waals surface area contributed by atoms with Crippen LogP contribution < -0.4 is 5.32 Å². The molecule has 3 heteroatoms. The zero-order chi connectivity index (χ0) is 12.1. The van der Waals surface area contributed by atoms with E-state index < -0.39 is 0 Å². The van der Waals surface area contributed by atoms with Gasteiger partial charge < -0.3 is 5.32 Å². The number of pyridine rings is 1. The number of rotatable bonds is 4. The Hall–Kier alpha value is -1.09. The normalized spacial score (nSPS) is 18.2. The Kier molecular flexibility index (Phi) is 4.37. The smallest absolute Gasteiger partial charge is 0.0564 e. The third-order valence-corrected chi connectivity index (χ3v) is 3.78. The Morgan fingerprint density at radius 3 is 2.82 bits per heavy atom. The van der Waals surface area contributed by atoms with Crippen LogP contribution in [0.3, 0.4) is 0 Å². The molecule has 0 spiro atoms. The average molecular weight is 233 g/mol. The predicted octanol–water partition coefficient (Wildman–Crippen LogP) is 2.75. The number of hydrogen-bond donors (Lipinski definition) is 1. The maximum absolute atomic E-state index is 4.44. The number of nitrogens with one attached hydrogen (secondary N) is 1. The minimum absolute atomic E-state index is 0.947. The quantitative estimate of drug-likeness (QED) is 0.866. The molecule has 0 unspecified atom stereocenters. The minimum Gasteiger partial charge on any atom is -0.388 e. The zero-order valence-corrected chi connectivity index (χ0v) is 10.9. The first kappa shape index (κ1) is 12.4. The lowest BCUT2D eigenvalue weighted by molar-refractivity contribution is 0.173. The minimum atomic E-state index is 0.947. The number of nitrogens with zero attached hydrogens (tertiary/aromatic N) is 2. The summed E-state index contributed by atoms with van der Waals surface area (Å²) >= 11 is 0. The van der Waals surface area contributed by atoms with Crippen molar-refractivity contribution in [3.05, 3.63) is 24.0 Å². The number of hydrogen-bond acceptors (Lipinski definition) is 3. The van der Waals surface area contributed by atoms with E-state index in [4.69, 9.17) is 0 Å². The number of piperidine rings is 1. The van der Waals surface area contributed by atoms with Crippen LogP contribution in [-0.2, 0) is 6.54 Å². The Morgan fingerprint density at radius 2 is 2.18 bits per heavy atom. The maximum atomic E-state index is 4.44. The molecule has 0 radical (unpaired) electrons. The molecule has 1 aliphatic rings. The SMILES string of the molecule is CCC1CCN(Cc2cc(NC)ccn2)CC1. The molecular weight excluding hydrogens is 210 g/mol. The third-order valence-electron chi connectivity index (χ3n) is 3.78. The predicted molar refractivity (Wildman–Crippen MR) is 72.1 cm³/mol. The molecular formula is C14H23N3. The molecule has 0 saturated carbocycles. The van der Waals surface area contributed by atoms with Crippen LogP contribution in [0.4, 0.5) is 5.69 Å². The molecule has 2 heterocycles. The van der Waals surface area contributed by atoms with Gasteiger partial charge in [-0.3, -0.25) is 9.88 Å². The summed E-state index contributed by atoms with van der Waals surface area (Å²) in [7, 11) is 1.95. The van der Waals surface area contributed by atoms with Gasteiger partial charge in [0.15, 0.2) is 0 Å². The zero-order valence-electron chi connectivity index (χ0n) is 10.9. The Balaban J connectivity index is 1.88. The van der Waals surface area contributed by atoms with Gasteiger partial charge in [-0.05, 0) is 44.0 Å². The number of anilines is 1. The van der Waals surface area contributed by atoms with Crippen LogP contribution in [0.15, 0.2) is 18.3 Å². The van der Waals surface area contributed by atoms with Crippen molar-refractivity contribution in [1.29, 1.82) is 0 Å². The van der Waals surface area contributed by atoms with E-state index in [0.717, 1.165) is 18.2 Å². The van der Waals surface area contributed by atoms with E-state index in [-0.39, 0.29) is 0 Å². The second-order valence-electron chi connectivity index (χ2n) is 4.91. The van der Waals surface area contributed by atoms with Crippen molar-refractivity contribution in [3.63, 3.8) is 0 Å². The van der Waals surface area contributed by atoms with Crippen molar-refractivity contribution in [2.45, 2.75) is 32.7 Å². The molecule has 17 heavy (non-hydrogen) atoms. The Labute approximate surface area is 104 Å². The van der Waals surface area contributed by atoms with E-state index >= 15 is 0 Å². The molecule has 1 aromatic heterocycles. The lowest BCUT2D eigenvalue weighted by Gasteiger charge is -2.31. The average Bonchev–Trinajstić information content (AvgIpc) is 2.40. The lowest BCUT2D eigenvalue weighted by atomic mass is 9.94.